The average molecular weight is 214 g/mol. The molecule has 2 N–H and O–H groups in total. The van der Waals surface area contributed by atoms with Crippen molar-refractivity contribution in [2.45, 2.75) is 20.3 Å². The van der Waals surface area contributed by atoms with Crippen molar-refractivity contribution < 1.29 is 9.53 Å². The van der Waals surface area contributed by atoms with Crippen LogP contribution in [0.5, 0.6) is 0 Å². The number of carbonyl (C=O) groups excluding carboxylic acids is 1. The minimum atomic E-state index is -0.00495. The first kappa shape index (κ1) is 12.5. The molecule has 0 radical (unpaired) electrons. The maximum absolute atomic E-state index is 11.3. The van der Waals surface area contributed by atoms with Crippen LogP contribution in [0.15, 0.2) is 0 Å². The summed E-state index contributed by atoms with van der Waals surface area (Å²) in [6.45, 7) is 7.87. The molecular weight excluding hydrogens is 192 g/mol. The van der Waals surface area contributed by atoms with Crippen molar-refractivity contribution in [3.8, 4) is 0 Å². The molecule has 0 aromatic carbocycles. The molecule has 15 heavy (non-hydrogen) atoms. The Hall–Kier alpha value is -0.610. The first-order chi connectivity index (χ1) is 7.18. The number of hydrogen-bond donors (Lipinski definition) is 2. The first-order valence-corrected chi connectivity index (χ1v) is 5.73. The highest BCUT2D eigenvalue weighted by Gasteiger charge is 2.14. The van der Waals surface area contributed by atoms with Crippen LogP contribution >= 0.6 is 0 Å². The lowest BCUT2D eigenvalue weighted by Crippen LogP contribution is -2.31. The predicted molar refractivity (Wildman–Crippen MR) is 59.6 cm³/mol. The summed E-state index contributed by atoms with van der Waals surface area (Å²) in [7, 11) is 0. The highest BCUT2D eigenvalue weighted by atomic mass is 16.5. The van der Waals surface area contributed by atoms with Gasteiger partial charge in [0, 0.05) is 13.1 Å². The Kier molecular flexibility index (Phi) is 5.65. The molecule has 0 aromatic rings. The maximum Gasteiger partial charge on any atom is 0.246 e. The number of nitrogens with one attached hydrogen (secondary N) is 2. The number of rotatable bonds is 6. The molecule has 1 aliphatic rings. The zero-order chi connectivity index (χ0) is 11.1. The molecule has 4 nitrogen and oxygen atoms in total. The van der Waals surface area contributed by atoms with Gasteiger partial charge in [0.2, 0.25) is 5.91 Å². The van der Waals surface area contributed by atoms with Crippen molar-refractivity contribution in [3.05, 3.63) is 0 Å². The standard InChI is InChI=1S/C11H22N2O2/c1-9(2)5-13-11(14)8-15-7-10-3-4-12-6-10/h9-10,12H,3-8H2,1-2H3,(H,13,14). The summed E-state index contributed by atoms with van der Waals surface area (Å²) < 4.78 is 5.36. The van der Waals surface area contributed by atoms with Crippen molar-refractivity contribution in [1.29, 1.82) is 0 Å². The van der Waals surface area contributed by atoms with Gasteiger partial charge in [0.1, 0.15) is 6.61 Å². The normalized spacial score (nSPS) is 20.9. The van der Waals surface area contributed by atoms with E-state index in [9.17, 15) is 4.79 Å². The van der Waals surface area contributed by atoms with Crippen LogP contribution in [-0.4, -0.2) is 38.8 Å². The summed E-state index contributed by atoms with van der Waals surface area (Å²) in [6, 6.07) is 0. The second-order valence-corrected chi connectivity index (χ2v) is 4.57. The van der Waals surface area contributed by atoms with E-state index in [1.54, 1.807) is 0 Å². The van der Waals surface area contributed by atoms with Crippen LogP contribution in [0.1, 0.15) is 20.3 Å². The summed E-state index contributed by atoms with van der Waals surface area (Å²) in [5, 5.41) is 6.10. The molecule has 1 aliphatic heterocycles. The van der Waals surface area contributed by atoms with E-state index in [-0.39, 0.29) is 12.5 Å². The van der Waals surface area contributed by atoms with Gasteiger partial charge in [-0.05, 0) is 24.8 Å². The van der Waals surface area contributed by atoms with Gasteiger partial charge in [-0.2, -0.15) is 0 Å². The van der Waals surface area contributed by atoms with Crippen LogP contribution in [0.4, 0.5) is 0 Å². The molecule has 0 bridgehead atoms. The second kappa shape index (κ2) is 6.80. The fourth-order valence-corrected chi connectivity index (χ4v) is 1.54. The minimum Gasteiger partial charge on any atom is -0.371 e. The molecule has 4 heteroatoms. The largest absolute Gasteiger partial charge is 0.371 e. The topological polar surface area (TPSA) is 50.4 Å². The molecule has 0 aromatic heterocycles. The van der Waals surface area contributed by atoms with E-state index in [1.165, 1.54) is 0 Å². The van der Waals surface area contributed by atoms with Crippen LogP contribution in [0.2, 0.25) is 0 Å². The van der Waals surface area contributed by atoms with Gasteiger partial charge in [-0.1, -0.05) is 13.8 Å². The molecule has 1 amide bonds. The molecule has 1 heterocycles. The summed E-state index contributed by atoms with van der Waals surface area (Å²) in [5.74, 6) is 1.07. The van der Waals surface area contributed by atoms with Gasteiger partial charge in [-0.3, -0.25) is 4.79 Å². The monoisotopic (exact) mass is 214 g/mol. The Bertz CT molecular complexity index is 189. The van der Waals surface area contributed by atoms with Gasteiger partial charge < -0.3 is 15.4 Å². The van der Waals surface area contributed by atoms with Gasteiger partial charge in [-0.15, -0.1) is 0 Å². The zero-order valence-electron chi connectivity index (χ0n) is 9.71. The molecule has 0 aliphatic carbocycles. The van der Waals surface area contributed by atoms with Crippen molar-refractivity contribution in [3.63, 3.8) is 0 Å². The quantitative estimate of drug-likeness (QED) is 0.672. The third-order valence-corrected chi connectivity index (χ3v) is 2.46. The molecule has 0 saturated carbocycles. The zero-order valence-corrected chi connectivity index (χ0v) is 9.71. The van der Waals surface area contributed by atoms with E-state index in [4.69, 9.17) is 4.74 Å². The number of amides is 1. The van der Waals surface area contributed by atoms with Crippen molar-refractivity contribution in [1.82, 2.24) is 10.6 Å². The lowest BCUT2D eigenvalue weighted by molar-refractivity contribution is -0.126. The van der Waals surface area contributed by atoms with Crippen LogP contribution < -0.4 is 10.6 Å². The smallest absolute Gasteiger partial charge is 0.246 e. The number of carbonyl (C=O) groups is 1. The fraction of sp³-hybridized carbons (Fsp3) is 0.909. The molecule has 1 unspecified atom stereocenters. The Labute approximate surface area is 91.8 Å². The summed E-state index contributed by atoms with van der Waals surface area (Å²) in [5.41, 5.74) is 0. The molecule has 1 atom stereocenters. The second-order valence-electron chi connectivity index (χ2n) is 4.57. The first-order valence-electron chi connectivity index (χ1n) is 5.73. The number of ether oxygens (including phenoxy) is 1. The molecule has 1 fully saturated rings. The summed E-state index contributed by atoms with van der Waals surface area (Å²) in [6.07, 6.45) is 1.16. The lowest BCUT2D eigenvalue weighted by atomic mass is 10.1. The lowest BCUT2D eigenvalue weighted by Gasteiger charge is -2.10. The molecular formula is C11H22N2O2. The van der Waals surface area contributed by atoms with Crippen LogP contribution in [0, 0.1) is 11.8 Å². The van der Waals surface area contributed by atoms with Crippen LogP contribution in [0.25, 0.3) is 0 Å². The van der Waals surface area contributed by atoms with Gasteiger partial charge in [0.05, 0.1) is 6.61 Å². The Morgan fingerprint density at radius 2 is 2.40 bits per heavy atom. The SMILES string of the molecule is CC(C)CNC(=O)COCC1CCNC1. The van der Waals surface area contributed by atoms with Crippen LogP contribution in [0.3, 0.4) is 0 Å². The van der Waals surface area contributed by atoms with Crippen molar-refractivity contribution >= 4 is 5.91 Å². The highest BCUT2D eigenvalue weighted by molar-refractivity contribution is 5.77. The van der Waals surface area contributed by atoms with E-state index >= 15 is 0 Å². The van der Waals surface area contributed by atoms with E-state index in [0.717, 1.165) is 26.1 Å². The Morgan fingerprint density at radius 1 is 1.60 bits per heavy atom. The Balaban J connectivity index is 1.96. The van der Waals surface area contributed by atoms with E-state index in [2.05, 4.69) is 24.5 Å². The highest BCUT2D eigenvalue weighted by Crippen LogP contribution is 2.06. The van der Waals surface area contributed by atoms with Crippen LogP contribution in [-0.2, 0) is 9.53 Å². The van der Waals surface area contributed by atoms with E-state index in [0.29, 0.717) is 18.4 Å². The van der Waals surface area contributed by atoms with Gasteiger partial charge >= 0.3 is 0 Å². The van der Waals surface area contributed by atoms with E-state index < -0.39 is 0 Å². The van der Waals surface area contributed by atoms with Gasteiger partial charge in [0.25, 0.3) is 0 Å². The van der Waals surface area contributed by atoms with Crippen molar-refractivity contribution in [2.75, 3.05) is 32.8 Å². The predicted octanol–water partition coefficient (Wildman–Crippen LogP) is 0.385. The Morgan fingerprint density at radius 3 is 3.00 bits per heavy atom. The third kappa shape index (κ3) is 5.74. The van der Waals surface area contributed by atoms with Crippen molar-refractivity contribution in [2.24, 2.45) is 11.8 Å². The molecule has 88 valence electrons. The average Bonchev–Trinajstić information content (AvgIpc) is 2.67. The third-order valence-electron chi connectivity index (χ3n) is 2.46. The molecule has 1 saturated heterocycles. The number of hydrogen-bond acceptors (Lipinski definition) is 3. The summed E-state index contributed by atoms with van der Waals surface area (Å²) in [4.78, 5) is 11.3. The fourth-order valence-electron chi connectivity index (χ4n) is 1.54. The molecule has 0 spiro atoms. The molecule has 1 rings (SSSR count). The summed E-state index contributed by atoms with van der Waals surface area (Å²) >= 11 is 0. The minimum absolute atomic E-state index is 0.00495. The van der Waals surface area contributed by atoms with Gasteiger partial charge in [0.15, 0.2) is 0 Å². The van der Waals surface area contributed by atoms with Gasteiger partial charge in [-0.25, -0.2) is 0 Å². The maximum atomic E-state index is 11.3. The van der Waals surface area contributed by atoms with E-state index in [1.807, 2.05) is 0 Å².